The molecule has 0 saturated heterocycles. The first-order valence-corrected chi connectivity index (χ1v) is 6.24. The smallest absolute Gasteiger partial charge is 0.434 e. The lowest BCUT2D eigenvalue weighted by molar-refractivity contribution is -0.313. The fourth-order valence-electron chi connectivity index (χ4n) is 1.56. The van der Waals surface area contributed by atoms with Gasteiger partial charge in [-0.2, -0.15) is 26.3 Å². The summed E-state index contributed by atoms with van der Waals surface area (Å²) in [7, 11) is 0. The van der Waals surface area contributed by atoms with Gasteiger partial charge in [-0.25, -0.2) is 4.79 Å². The number of halogens is 6. The molecule has 0 aromatic rings. The maximum atomic E-state index is 12.1. The van der Waals surface area contributed by atoms with Crippen LogP contribution in [0.3, 0.4) is 0 Å². The maximum absolute atomic E-state index is 12.1. The lowest BCUT2D eigenvalue weighted by Crippen LogP contribution is -2.46. The number of carbonyl (C=O) groups is 2. The van der Waals surface area contributed by atoms with Gasteiger partial charge in [0.15, 0.2) is 6.61 Å². The number of alkyl halides is 6. The summed E-state index contributed by atoms with van der Waals surface area (Å²) in [6.45, 7) is 3.75. The fourth-order valence-corrected chi connectivity index (χ4v) is 1.56. The van der Waals surface area contributed by atoms with Crippen molar-refractivity contribution in [1.82, 2.24) is 0 Å². The van der Waals surface area contributed by atoms with E-state index in [9.17, 15) is 35.9 Å². The molecule has 0 aliphatic heterocycles. The lowest BCUT2D eigenvalue weighted by Gasteiger charge is -2.22. The summed E-state index contributed by atoms with van der Waals surface area (Å²) in [5.41, 5.74) is 0. The van der Waals surface area contributed by atoms with Crippen LogP contribution in [0.4, 0.5) is 26.3 Å². The van der Waals surface area contributed by atoms with Gasteiger partial charge in [-0.05, 0) is 12.3 Å². The third kappa shape index (κ3) is 7.51. The Kier molecular flexibility index (Phi) is 7.17. The van der Waals surface area contributed by atoms with E-state index in [0.29, 0.717) is 6.42 Å². The summed E-state index contributed by atoms with van der Waals surface area (Å²) in [6, 6.07) is 0. The van der Waals surface area contributed by atoms with Gasteiger partial charge in [-0.1, -0.05) is 20.8 Å². The van der Waals surface area contributed by atoms with Crippen LogP contribution in [-0.2, 0) is 19.1 Å². The van der Waals surface area contributed by atoms with E-state index in [1.807, 2.05) is 0 Å². The van der Waals surface area contributed by atoms with Crippen molar-refractivity contribution in [1.29, 1.82) is 0 Å². The molecule has 0 rings (SSSR count). The van der Waals surface area contributed by atoms with E-state index in [2.05, 4.69) is 9.47 Å². The van der Waals surface area contributed by atoms with Crippen molar-refractivity contribution < 1.29 is 45.4 Å². The molecule has 0 saturated carbocycles. The Balaban J connectivity index is 4.53. The third-order valence-electron chi connectivity index (χ3n) is 2.40. The van der Waals surface area contributed by atoms with Crippen molar-refractivity contribution in [3.8, 4) is 0 Å². The van der Waals surface area contributed by atoms with E-state index in [1.54, 1.807) is 13.8 Å². The Morgan fingerprint density at radius 2 is 1.41 bits per heavy atom. The Labute approximate surface area is 122 Å². The van der Waals surface area contributed by atoms with E-state index in [1.165, 1.54) is 6.92 Å². The summed E-state index contributed by atoms with van der Waals surface area (Å²) in [5, 5.41) is 0. The molecule has 0 heterocycles. The molecule has 130 valence electrons. The average molecular weight is 338 g/mol. The van der Waals surface area contributed by atoms with Crippen LogP contribution in [0, 0.1) is 11.8 Å². The van der Waals surface area contributed by atoms with Gasteiger partial charge in [-0.3, -0.25) is 4.79 Å². The Morgan fingerprint density at radius 3 is 1.77 bits per heavy atom. The van der Waals surface area contributed by atoms with Gasteiger partial charge in [0, 0.05) is 0 Å². The molecule has 0 aliphatic carbocycles. The molecule has 0 fully saturated rings. The van der Waals surface area contributed by atoms with Gasteiger partial charge in [-0.15, -0.1) is 0 Å². The predicted octanol–water partition coefficient (Wildman–Crippen LogP) is 3.25. The van der Waals surface area contributed by atoms with Crippen LogP contribution >= 0.6 is 0 Å². The number of hydrogen-bond acceptors (Lipinski definition) is 4. The first kappa shape index (κ1) is 20.5. The number of esters is 2. The highest BCUT2D eigenvalue weighted by molar-refractivity contribution is 5.77. The molecule has 1 atom stereocenters. The number of hydrogen-bond donors (Lipinski definition) is 0. The van der Waals surface area contributed by atoms with Crippen LogP contribution in [0.1, 0.15) is 27.2 Å². The highest BCUT2D eigenvalue weighted by atomic mass is 19.4. The molecule has 0 aromatic carbocycles. The van der Waals surface area contributed by atoms with Crippen LogP contribution in [0.15, 0.2) is 0 Å². The molecule has 0 N–H and O–H groups in total. The van der Waals surface area contributed by atoms with Crippen molar-refractivity contribution >= 4 is 11.9 Å². The molecule has 4 nitrogen and oxygen atoms in total. The second-order valence-electron chi connectivity index (χ2n) is 5.09. The van der Waals surface area contributed by atoms with Crippen LogP contribution in [0.5, 0.6) is 0 Å². The van der Waals surface area contributed by atoms with Gasteiger partial charge in [0.05, 0.1) is 5.92 Å². The summed E-state index contributed by atoms with van der Waals surface area (Å²) < 4.78 is 80.5. The normalized spacial score (nSPS) is 14.1. The maximum Gasteiger partial charge on any atom is 0.434 e. The van der Waals surface area contributed by atoms with Crippen molar-refractivity contribution in [3.63, 3.8) is 0 Å². The molecule has 10 heteroatoms. The SMILES string of the molecule is CC(C)CC(C)C(=O)OCC(=O)OC(C(F)(F)F)C(F)(F)F. The van der Waals surface area contributed by atoms with Gasteiger partial charge in [0.25, 0.3) is 6.10 Å². The van der Waals surface area contributed by atoms with Gasteiger partial charge in [0.1, 0.15) is 0 Å². The number of ether oxygens (including phenoxy) is 2. The zero-order valence-electron chi connectivity index (χ0n) is 12.0. The largest absolute Gasteiger partial charge is 0.453 e. The van der Waals surface area contributed by atoms with Gasteiger partial charge in [0.2, 0.25) is 0 Å². The standard InChI is InChI=1S/C12H16F6O4/c1-6(2)4-7(3)9(20)21-5-8(19)22-10(11(13,14)15)12(16,17)18/h6-7,10H,4-5H2,1-3H3. The minimum atomic E-state index is -5.80. The second-order valence-corrected chi connectivity index (χ2v) is 5.09. The van der Waals surface area contributed by atoms with Crippen LogP contribution in [0.2, 0.25) is 0 Å². The van der Waals surface area contributed by atoms with Crippen molar-refractivity contribution in [2.45, 2.75) is 45.6 Å². The lowest BCUT2D eigenvalue weighted by atomic mass is 9.99. The Hall–Kier alpha value is -1.48. The zero-order chi connectivity index (χ0) is 17.7. The van der Waals surface area contributed by atoms with E-state index in [0.717, 1.165) is 0 Å². The zero-order valence-corrected chi connectivity index (χ0v) is 12.0. The molecular formula is C12H16F6O4. The molecule has 1 unspecified atom stereocenters. The minimum absolute atomic E-state index is 0.120. The number of carbonyl (C=O) groups excluding carboxylic acids is 2. The summed E-state index contributed by atoms with van der Waals surface area (Å²) in [5.74, 6) is -3.35. The van der Waals surface area contributed by atoms with Crippen molar-refractivity contribution in [2.75, 3.05) is 6.61 Å². The highest BCUT2D eigenvalue weighted by Crippen LogP contribution is 2.35. The predicted molar refractivity (Wildman–Crippen MR) is 61.6 cm³/mol. The second kappa shape index (κ2) is 7.68. The number of rotatable bonds is 6. The van der Waals surface area contributed by atoms with E-state index in [4.69, 9.17) is 0 Å². The van der Waals surface area contributed by atoms with E-state index < -0.39 is 42.9 Å². The molecule has 0 amide bonds. The molecule has 22 heavy (non-hydrogen) atoms. The van der Waals surface area contributed by atoms with Gasteiger partial charge >= 0.3 is 24.3 Å². The minimum Gasteiger partial charge on any atom is -0.453 e. The van der Waals surface area contributed by atoms with Crippen molar-refractivity contribution in [3.05, 3.63) is 0 Å². The van der Waals surface area contributed by atoms with Crippen LogP contribution in [0.25, 0.3) is 0 Å². The summed E-state index contributed by atoms with van der Waals surface area (Å²) in [4.78, 5) is 22.4. The van der Waals surface area contributed by atoms with Gasteiger partial charge < -0.3 is 9.47 Å². The molecule has 0 aromatic heterocycles. The topological polar surface area (TPSA) is 52.6 Å². The fraction of sp³-hybridized carbons (Fsp3) is 0.833. The molecule has 0 radical (unpaired) electrons. The average Bonchev–Trinajstić information content (AvgIpc) is 2.29. The van der Waals surface area contributed by atoms with Crippen LogP contribution < -0.4 is 0 Å². The third-order valence-corrected chi connectivity index (χ3v) is 2.40. The molecule has 0 spiro atoms. The summed E-state index contributed by atoms with van der Waals surface area (Å²) in [6.07, 6.45) is -15.5. The van der Waals surface area contributed by atoms with E-state index >= 15 is 0 Å². The molecular weight excluding hydrogens is 322 g/mol. The van der Waals surface area contributed by atoms with Crippen molar-refractivity contribution in [2.24, 2.45) is 11.8 Å². The monoisotopic (exact) mass is 338 g/mol. The molecule has 0 aliphatic rings. The Morgan fingerprint density at radius 1 is 0.955 bits per heavy atom. The Bertz CT molecular complexity index is 374. The van der Waals surface area contributed by atoms with E-state index in [-0.39, 0.29) is 5.92 Å². The quantitative estimate of drug-likeness (QED) is 0.551. The highest BCUT2D eigenvalue weighted by Gasteiger charge is 2.59. The first-order valence-electron chi connectivity index (χ1n) is 6.24. The summed E-state index contributed by atoms with van der Waals surface area (Å²) >= 11 is 0. The first-order chi connectivity index (χ1) is 9.75. The van der Waals surface area contributed by atoms with Crippen LogP contribution in [-0.4, -0.2) is 37.0 Å². The molecule has 0 bridgehead atoms.